The number of ether oxygens (including phenoxy) is 1. The van der Waals surface area contributed by atoms with Gasteiger partial charge in [-0.15, -0.1) is 0 Å². The van der Waals surface area contributed by atoms with E-state index in [2.05, 4.69) is 11.4 Å². The molecule has 0 heterocycles. The average molecular weight is 341 g/mol. The van der Waals surface area contributed by atoms with Crippen LogP contribution in [-0.2, 0) is 9.53 Å². The summed E-state index contributed by atoms with van der Waals surface area (Å²) in [6, 6.07) is 6.44. The van der Waals surface area contributed by atoms with Gasteiger partial charge in [-0.2, -0.15) is 5.26 Å². The molecule has 1 fully saturated rings. The number of nitriles is 1. The zero-order chi connectivity index (χ0) is 16.3. The Hall–Kier alpha value is -1.77. The Morgan fingerprint density at radius 1 is 1.45 bits per heavy atom. The number of amides is 1. The molecule has 2 rings (SSSR count). The molecule has 0 aromatic heterocycles. The number of hydrogen-bond donors (Lipinski definition) is 1. The fraction of sp³-hybridized carbons (Fsp3) is 0.400. The summed E-state index contributed by atoms with van der Waals surface area (Å²) in [5.41, 5.74) is -0.786. The van der Waals surface area contributed by atoms with Crippen molar-refractivity contribution >= 4 is 35.1 Å². The van der Waals surface area contributed by atoms with Gasteiger partial charge in [0.2, 0.25) is 0 Å². The molecule has 5 nitrogen and oxygen atoms in total. The summed E-state index contributed by atoms with van der Waals surface area (Å²) in [5.74, 6) is -1.08. The zero-order valence-electron chi connectivity index (χ0n) is 11.9. The predicted octanol–water partition coefficient (Wildman–Crippen LogP) is 2.96. The molecule has 0 saturated heterocycles. The fourth-order valence-electron chi connectivity index (χ4n) is 2.07. The lowest BCUT2D eigenvalue weighted by Crippen LogP contribution is -2.48. The van der Waals surface area contributed by atoms with Gasteiger partial charge in [0, 0.05) is 5.02 Å². The highest BCUT2D eigenvalue weighted by Crippen LogP contribution is 2.39. The first kappa shape index (κ1) is 16.6. The molecule has 0 bridgehead atoms. The van der Waals surface area contributed by atoms with Gasteiger partial charge in [0.05, 0.1) is 16.7 Å². The second-order valence-corrected chi connectivity index (χ2v) is 6.18. The van der Waals surface area contributed by atoms with Crippen LogP contribution in [-0.4, -0.2) is 24.0 Å². The van der Waals surface area contributed by atoms with E-state index in [0.29, 0.717) is 5.02 Å². The maximum absolute atomic E-state index is 11.9. The molecule has 116 valence electrons. The maximum Gasteiger partial charge on any atom is 0.340 e. The molecule has 1 aromatic rings. The molecule has 7 heteroatoms. The van der Waals surface area contributed by atoms with Gasteiger partial charge in [0.1, 0.15) is 5.54 Å². The number of rotatable bonds is 5. The first-order valence-corrected chi connectivity index (χ1v) is 7.46. The Labute approximate surface area is 138 Å². The molecule has 1 amide bonds. The van der Waals surface area contributed by atoms with Crippen LogP contribution in [0.5, 0.6) is 0 Å². The van der Waals surface area contributed by atoms with Crippen LogP contribution < -0.4 is 5.32 Å². The standard InChI is InChI=1S/C15H14Cl2N2O3/c1-15(8-18,9-2-3-9)19-13(20)7-22-14(21)11-5-4-10(16)6-12(11)17/h4-6,9H,2-3,7H2,1H3,(H,19,20)/t15-/m0/s1. The molecule has 1 saturated carbocycles. The normalized spacial score (nSPS) is 16.3. The molecule has 1 atom stereocenters. The lowest BCUT2D eigenvalue weighted by molar-refractivity contribution is -0.125. The van der Waals surface area contributed by atoms with Crippen LogP contribution in [0.15, 0.2) is 18.2 Å². The summed E-state index contributed by atoms with van der Waals surface area (Å²) in [4.78, 5) is 23.7. The molecule has 0 aliphatic heterocycles. The van der Waals surface area contributed by atoms with E-state index in [9.17, 15) is 9.59 Å². The van der Waals surface area contributed by atoms with Gasteiger partial charge in [-0.3, -0.25) is 4.79 Å². The number of benzene rings is 1. The highest BCUT2D eigenvalue weighted by molar-refractivity contribution is 6.36. The number of carbonyl (C=O) groups is 2. The van der Waals surface area contributed by atoms with Crippen molar-refractivity contribution in [2.24, 2.45) is 5.92 Å². The molecule has 0 unspecified atom stereocenters. The molecule has 1 aromatic carbocycles. The van der Waals surface area contributed by atoms with E-state index < -0.39 is 24.0 Å². The summed E-state index contributed by atoms with van der Waals surface area (Å²) < 4.78 is 4.91. The van der Waals surface area contributed by atoms with Crippen LogP contribution in [0.3, 0.4) is 0 Å². The van der Waals surface area contributed by atoms with E-state index in [4.69, 9.17) is 33.2 Å². The smallest absolute Gasteiger partial charge is 0.340 e. The van der Waals surface area contributed by atoms with Crippen molar-refractivity contribution in [2.75, 3.05) is 6.61 Å². The SMILES string of the molecule is C[C@@](C#N)(NC(=O)COC(=O)c1ccc(Cl)cc1Cl)C1CC1. The van der Waals surface area contributed by atoms with Crippen molar-refractivity contribution in [3.05, 3.63) is 33.8 Å². The molecular weight excluding hydrogens is 327 g/mol. The van der Waals surface area contributed by atoms with E-state index in [0.717, 1.165) is 12.8 Å². The second kappa shape index (κ2) is 6.55. The highest BCUT2D eigenvalue weighted by Gasteiger charge is 2.43. The van der Waals surface area contributed by atoms with Crippen molar-refractivity contribution in [2.45, 2.75) is 25.3 Å². The van der Waals surface area contributed by atoms with E-state index in [-0.39, 0.29) is 16.5 Å². The predicted molar refractivity (Wildman–Crippen MR) is 81.6 cm³/mol. The molecule has 1 N–H and O–H groups in total. The van der Waals surface area contributed by atoms with Gasteiger partial charge in [0.25, 0.3) is 5.91 Å². The minimum atomic E-state index is -0.915. The van der Waals surface area contributed by atoms with Gasteiger partial charge in [-0.25, -0.2) is 4.79 Å². The van der Waals surface area contributed by atoms with Gasteiger partial charge in [-0.05, 0) is 43.9 Å². The van der Waals surface area contributed by atoms with Crippen LogP contribution >= 0.6 is 23.2 Å². The number of nitrogens with one attached hydrogen (secondary N) is 1. The largest absolute Gasteiger partial charge is 0.452 e. The molecule has 0 spiro atoms. The summed E-state index contributed by atoms with van der Waals surface area (Å²) in [6.07, 6.45) is 1.81. The third-order valence-corrected chi connectivity index (χ3v) is 4.06. The summed E-state index contributed by atoms with van der Waals surface area (Å²) in [6.45, 7) is 1.20. The third-order valence-electron chi connectivity index (χ3n) is 3.51. The lowest BCUT2D eigenvalue weighted by Gasteiger charge is -2.22. The minimum absolute atomic E-state index is 0.129. The average Bonchev–Trinajstić information content (AvgIpc) is 3.29. The topological polar surface area (TPSA) is 79.2 Å². The number of esters is 1. The third kappa shape index (κ3) is 3.90. The monoisotopic (exact) mass is 340 g/mol. The van der Waals surface area contributed by atoms with Crippen molar-refractivity contribution < 1.29 is 14.3 Å². The molecule has 1 aliphatic carbocycles. The van der Waals surface area contributed by atoms with Crippen molar-refractivity contribution in [1.29, 1.82) is 5.26 Å². The van der Waals surface area contributed by atoms with Gasteiger partial charge >= 0.3 is 5.97 Å². The van der Waals surface area contributed by atoms with Crippen molar-refractivity contribution in [3.8, 4) is 6.07 Å². The summed E-state index contributed by atoms with van der Waals surface area (Å²) in [7, 11) is 0. The zero-order valence-corrected chi connectivity index (χ0v) is 13.4. The van der Waals surface area contributed by atoms with Crippen molar-refractivity contribution in [3.63, 3.8) is 0 Å². The van der Waals surface area contributed by atoms with Crippen LogP contribution in [0, 0.1) is 17.2 Å². The van der Waals surface area contributed by atoms with Gasteiger partial charge < -0.3 is 10.1 Å². The molecular formula is C15H14Cl2N2O3. The fourth-order valence-corrected chi connectivity index (χ4v) is 2.56. The number of carbonyl (C=O) groups excluding carboxylic acids is 2. The first-order valence-electron chi connectivity index (χ1n) is 6.70. The highest BCUT2D eigenvalue weighted by atomic mass is 35.5. The van der Waals surface area contributed by atoms with Crippen LogP contribution in [0.25, 0.3) is 0 Å². The number of halogens is 2. The Bertz CT molecular complexity index is 653. The Morgan fingerprint density at radius 2 is 2.14 bits per heavy atom. The quantitative estimate of drug-likeness (QED) is 0.835. The van der Waals surface area contributed by atoms with Crippen LogP contribution in [0.4, 0.5) is 0 Å². The van der Waals surface area contributed by atoms with Gasteiger partial charge in [-0.1, -0.05) is 23.2 Å². The van der Waals surface area contributed by atoms with E-state index >= 15 is 0 Å². The number of nitrogens with zero attached hydrogens (tertiary/aromatic N) is 1. The lowest BCUT2D eigenvalue weighted by atomic mass is 9.98. The molecule has 1 aliphatic rings. The second-order valence-electron chi connectivity index (χ2n) is 5.34. The summed E-state index contributed by atoms with van der Waals surface area (Å²) in [5, 5.41) is 12.3. The molecule has 22 heavy (non-hydrogen) atoms. The van der Waals surface area contributed by atoms with Gasteiger partial charge in [0.15, 0.2) is 6.61 Å². The molecule has 0 radical (unpaired) electrons. The summed E-state index contributed by atoms with van der Waals surface area (Å²) >= 11 is 11.6. The maximum atomic E-state index is 11.9. The van der Waals surface area contributed by atoms with E-state index in [1.54, 1.807) is 6.92 Å². The number of hydrogen-bond acceptors (Lipinski definition) is 4. The van der Waals surface area contributed by atoms with E-state index in [1.807, 2.05) is 0 Å². The van der Waals surface area contributed by atoms with Crippen LogP contribution in [0.1, 0.15) is 30.1 Å². The van der Waals surface area contributed by atoms with Crippen molar-refractivity contribution in [1.82, 2.24) is 5.32 Å². The first-order chi connectivity index (χ1) is 10.4. The Morgan fingerprint density at radius 3 is 2.68 bits per heavy atom. The Balaban J connectivity index is 1.91. The Kier molecular flexibility index (Phi) is 4.94. The van der Waals surface area contributed by atoms with E-state index in [1.165, 1.54) is 18.2 Å². The van der Waals surface area contributed by atoms with Crippen LogP contribution in [0.2, 0.25) is 10.0 Å². The minimum Gasteiger partial charge on any atom is -0.452 e.